The van der Waals surface area contributed by atoms with Gasteiger partial charge in [-0.3, -0.25) is 24.5 Å². The summed E-state index contributed by atoms with van der Waals surface area (Å²) >= 11 is 0. The van der Waals surface area contributed by atoms with Crippen LogP contribution < -0.4 is 15.4 Å². The Morgan fingerprint density at radius 1 is 1.18 bits per heavy atom. The van der Waals surface area contributed by atoms with Crippen LogP contribution in [0.15, 0.2) is 35.9 Å². The number of nitrogens with zero attached hydrogens (tertiary/aromatic N) is 1. The Bertz CT molecular complexity index is 1290. The van der Waals surface area contributed by atoms with Gasteiger partial charge in [0, 0.05) is 37.2 Å². The fourth-order valence-corrected chi connectivity index (χ4v) is 4.36. The van der Waals surface area contributed by atoms with E-state index in [0.29, 0.717) is 5.56 Å². The van der Waals surface area contributed by atoms with Crippen molar-refractivity contribution in [1.82, 2.24) is 15.5 Å². The molecule has 1 saturated heterocycles. The molecule has 1 unspecified atom stereocenters. The van der Waals surface area contributed by atoms with Crippen molar-refractivity contribution < 1.29 is 32.7 Å². The van der Waals surface area contributed by atoms with E-state index in [1.807, 2.05) is 0 Å². The summed E-state index contributed by atoms with van der Waals surface area (Å²) in [7, 11) is 0. The number of nitrogens with one attached hydrogen (secondary N) is 2. The second kappa shape index (κ2) is 8.36. The van der Waals surface area contributed by atoms with E-state index in [1.165, 1.54) is 11.0 Å². The highest BCUT2D eigenvalue weighted by Crippen LogP contribution is 2.30. The maximum Gasteiger partial charge on any atom is 0.255 e. The van der Waals surface area contributed by atoms with Crippen LogP contribution in [0.5, 0.6) is 5.75 Å². The van der Waals surface area contributed by atoms with E-state index in [0.717, 1.165) is 23.3 Å². The molecule has 174 valence electrons. The monoisotopic (exact) mass is 467 g/mol. The van der Waals surface area contributed by atoms with Gasteiger partial charge in [0.15, 0.2) is 0 Å². The first-order valence-corrected chi connectivity index (χ1v) is 10.7. The van der Waals surface area contributed by atoms with E-state index in [-0.39, 0.29) is 61.2 Å². The molecule has 2 aromatic carbocycles. The summed E-state index contributed by atoms with van der Waals surface area (Å²) in [5.74, 6) is -3.10. The Labute approximate surface area is 192 Å². The molecule has 3 aliphatic rings. The van der Waals surface area contributed by atoms with Crippen LogP contribution in [0.4, 0.5) is 8.78 Å². The number of hydrogen-bond donors (Lipinski definition) is 2. The lowest BCUT2D eigenvalue weighted by Gasteiger charge is -2.29. The third kappa shape index (κ3) is 3.91. The van der Waals surface area contributed by atoms with Gasteiger partial charge in [0.1, 0.15) is 30.0 Å². The molecule has 34 heavy (non-hydrogen) atoms. The maximum absolute atomic E-state index is 14.0. The highest BCUT2D eigenvalue weighted by Gasteiger charge is 2.39. The lowest BCUT2D eigenvalue weighted by atomic mass is 10.0. The van der Waals surface area contributed by atoms with Gasteiger partial charge < -0.3 is 15.0 Å². The molecule has 0 radical (unpaired) electrons. The highest BCUT2D eigenvalue weighted by molar-refractivity contribution is 6.05. The quantitative estimate of drug-likeness (QED) is 0.668. The molecule has 1 fully saturated rings. The van der Waals surface area contributed by atoms with Crippen LogP contribution >= 0.6 is 0 Å². The van der Waals surface area contributed by atoms with Gasteiger partial charge in [0.25, 0.3) is 11.8 Å². The van der Waals surface area contributed by atoms with Crippen molar-refractivity contribution in [3.05, 3.63) is 69.8 Å². The molecule has 2 aromatic rings. The number of halogens is 2. The van der Waals surface area contributed by atoms with E-state index < -0.39 is 29.5 Å². The SMILES string of the molecule is O=C1CCC(N2Cc3cc(CNC(=O)C4=Cc5c(F)cc(F)cc5OC4)ccc3C2=O)C(=O)N1. The summed E-state index contributed by atoms with van der Waals surface area (Å²) in [6, 6.07) is 6.22. The fraction of sp³-hybridized carbons (Fsp3) is 0.250. The number of carbonyl (C=O) groups excluding carboxylic acids is 4. The lowest BCUT2D eigenvalue weighted by molar-refractivity contribution is -0.137. The van der Waals surface area contributed by atoms with Crippen LogP contribution in [-0.2, 0) is 27.5 Å². The van der Waals surface area contributed by atoms with Gasteiger partial charge >= 0.3 is 0 Å². The fourth-order valence-electron chi connectivity index (χ4n) is 4.36. The highest BCUT2D eigenvalue weighted by atomic mass is 19.1. The standard InChI is InChI=1S/C24H19F2N3O5/c25-15-7-18(26)17-6-14(11-34-20(17)8-15)22(31)27-9-12-1-2-16-13(5-12)10-29(24(16)33)19-3-4-21(30)28-23(19)32/h1-2,5-8,19H,3-4,9-11H2,(H,27,31)(H,28,30,32). The minimum atomic E-state index is -0.816. The molecule has 3 heterocycles. The van der Waals surface area contributed by atoms with Gasteiger partial charge in [-0.25, -0.2) is 8.78 Å². The van der Waals surface area contributed by atoms with E-state index in [1.54, 1.807) is 18.2 Å². The third-order valence-electron chi connectivity index (χ3n) is 6.09. The Kier molecular flexibility index (Phi) is 5.35. The van der Waals surface area contributed by atoms with Crippen LogP contribution in [0.2, 0.25) is 0 Å². The molecule has 0 saturated carbocycles. The topological polar surface area (TPSA) is 105 Å². The normalized spacial score (nSPS) is 19.1. The van der Waals surface area contributed by atoms with Crippen molar-refractivity contribution in [3.8, 4) is 5.75 Å². The number of benzene rings is 2. The predicted molar refractivity (Wildman–Crippen MR) is 114 cm³/mol. The zero-order valence-corrected chi connectivity index (χ0v) is 17.8. The first kappa shape index (κ1) is 21.7. The van der Waals surface area contributed by atoms with Gasteiger partial charge in [0.05, 0.1) is 11.1 Å². The molecular formula is C24H19F2N3O5. The average Bonchev–Trinajstić information content (AvgIpc) is 3.12. The summed E-state index contributed by atoms with van der Waals surface area (Å²) in [5.41, 5.74) is 2.14. The average molecular weight is 467 g/mol. The van der Waals surface area contributed by atoms with Gasteiger partial charge in [-0.1, -0.05) is 12.1 Å². The number of piperidine rings is 1. The first-order chi connectivity index (χ1) is 16.3. The van der Waals surface area contributed by atoms with Gasteiger partial charge in [-0.05, 0) is 29.7 Å². The van der Waals surface area contributed by atoms with Crippen molar-refractivity contribution >= 4 is 29.7 Å². The van der Waals surface area contributed by atoms with Crippen molar-refractivity contribution in [2.45, 2.75) is 32.0 Å². The number of rotatable bonds is 4. The number of ether oxygens (including phenoxy) is 1. The molecular weight excluding hydrogens is 448 g/mol. The summed E-state index contributed by atoms with van der Waals surface area (Å²) in [6.45, 7) is 0.254. The largest absolute Gasteiger partial charge is 0.488 e. The smallest absolute Gasteiger partial charge is 0.255 e. The van der Waals surface area contributed by atoms with Gasteiger partial charge in [-0.2, -0.15) is 0 Å². The molecule has 8 nitrogen and oxygen atoms in total. The van der Waals surface area contributed by atoms with E-state index >= 15 is 0 Å². The molecule has 1 atom stereocenters. The summed E-state index contributed by atoms with van der Waals surface area (Å²) in [5, 5.41) is 5.00. The molecule has 5 rings (SSSR count). The van der Waals surface area contributed by atoms with Crippen molar-refractivity contribution in [2.75, 3.05) is 6.61 Å². The second-order valence-corrected chi connectivity index (χ2v) is 8.33. The number of amides is 4. The molecule has 2 N–H and O–H groups in total. The Hall–Kier alpha value is -4.08. The molecule has 0 aromatic heterocycles. The van der Waals surface area contributed by atoms with E-state index in [4.69, 9.17) is 4.74 Å². The Morgan fingerprint density at radius 3 is 2.79 bits per heavy atom. The van der Waals surface area contributed by atoms with Gasteiger partial charge in [-0.15, -0.1) is 0 Å². The number of hydrogen-bond acceptors (Lipinski definition) is 5. The molecule has 0 bridgehead atoms. The zero-order chi connectivity index (χ0) is 24.0. The maximum atomic E-state index is 14.0. The van der Waals surface area contributed by atoms with Crippen LogP contribution in [0.3, 0.4) is 0 Å². The van der Waals surface area contributed by atoms with Crippen LogP contribution in [0.25, 0.3) is 6.08 Å². The molecule has 3 aliphatic heterocycles. The summed E-state index contributed by atoms with van der Waals surface area (Å²) in [6.07, 6.45) is 1.79. The van der Waals surface area contributed by atoms with Crippen LogP contribution in [-0.4, -0.2) is 41.2 Å². The van der Waals surface area contributed by atoms with E-state index in [9.17, 15) is 28.0 Å². The minimum absolute atomic E-state index is 0.0161. The first-order valence-electron chi connectivity index (χ1n) is 10.7. The molecule has 0 spiro atoms. The van der Waals surface area contributed by atoms with Crippen molar-refractivity contribution in [2.24, 2.45) is 0 Å². The number of carbonyl (C=O) groups is 4. The Morgan fingerprint density at radius 2 is 2.00 bits per heavy atom. The predicted octanol–water partition coefficient (Wildman–Crippen LogP) is 1.82. The van der Waals surface area contributed by atoms with Crippen molar-refractivity contribution in [1.29, 1.82) is 0 Å². The van der Waals surface area contributed by atoms with Gasteiger partial charge in [0.2, 0.25) is 11.8 Å². The number of fused-ring (bicyclic) bond motifs is 2. The van der Waals surface area contributed by atoms with E-state index in [2.05, 4.69) is 10.6 Å². The van der Waals surface area contributed by atoms with Crippen LogP contribution in [0, 0.1) is 11.6 Å². The van der Waals surface area contributed by atoms with Crippen molar-refractivity contribution in [3.63, 3.8) is 0 Å². The minimum Gasteiger partial charge on any atom is -0.488 e. The lowest BCUT2D eigenvalue weighted by Crippen LogP contribution is -2.52. The zero-order valence-electron chi connectivity index (χ0n) is 17.8. The molecule has 4 amide bonds. The summed E-state index contributed by atoms with van der Waals surface area (Å²) < 4.78 is 32.7. The third-order valence-corrected chi connectivity index (χ3v) is 6.09. The van der Waals surface area contributed by atoms with Crippen LogP contribution in [0.1, 0.15) is 39.9 Å². The molecule has 10 heteroatoms. The Balaban J connectivity index is 1.26. The summed E-state index contributed by atoms with van der Waals surface area (Å²) in [4.78, 5) is 50.4. The second-order valence-electron chi connectivity index (χ2n) is 8.33. The number of imide groups is 1. The molecule has 0 aliphatic carbocycles.